The normalized spacial score (nSPS) is 19.1. The first-order valence-corrected chi connectivity index (χ1v) is 15.4. The number of thioether (sulfide) groups is 3. The third-order valence-corrected chi connectivity index (χ3v) is 10.2. The van der Waals surface area contributed by atoms with E-state index in [0.29, 0.717) is 31.5 Å². The maximum absolute atomic E-state index is 13.0. The number of nitrogens with zero attached hydrogens (tertiary/aromatic N) is 5. The van der Waals surface area contributed by atoms with E-state index in [1.165, 1.54) is 51.5 Å². The number of fused-ring (bicyclic) bond motifs is 1. The number of hydrogen-bond donors (Lipinski definition) is 5. The van der Waals surface area contributed by atoms with Crippen molar-refractivity contribution in [1.29, 1.82) is 5.41 Å². The van der Waals surface area contributed by atoms with Crippen molar-refractivity contribution in [3.05, 3.63) is 22.3 Å². The summed E-state index contributed by atoms with van der Waals surface area (Å²) in [6.45, 7) is 1.92. The molecule has 1 saturated heterocycles. The summed E-state index contributed by atoms with van der Waals surface area (Å²) in [4.78, 5) is 48.4. The Bertz CT molecular complexity index is 1330. The molecule has 0 spiro atoms. The van der Waals surface area contributed by atoms with Gasteiger partial charge in [0.05, 0.1) is 5.75 Å². The summed E-state index contributed by atoms with van der Waals surface area (Å²) in [6.07, 6.45) is 0. The van der Waals surface area contributed by atoms with Crippen molar-refractivity contribution < 1.29 is 24.3 Å². The fraction of sp³-hybridized carbons (Fsp3) is 0.368. The molecule has 19 heteroatoms. The average molecular weight is 616 g/mol. The minimum absolute atomic E-state index is 0.0313. The number of amidine groups is 1. The van der Waals surface area contributed by atoms with Crippen molar-refractivity contribution in [3.8, 4) is 0 Å². The van der Waals surface area contributed by atoms with Gasteiger partial charge in [-0.3, -0.25) is 19.9 Å². The molecule has 0 radical (unpaired) electrons. The van der Waals surface area contributed by atoms with E-state index in [4.69, 9.17) is 21.7 Å². The molecule has 2 amide bonds. The van der Waals surface area contributed by atoms with Crippen LogP contribution in [0.25, 0.3) is 0 Å². The van der Waals surface area contributed by atoms with Gasteiger partial charge in [-0.1, -0.05) is 40.0 Å². The van der Waals surface area contributed by atoms with Crippen LogP contribution in [-0.2, 0) is 19.2 Å². The third kappa shape index (κ3) is 6.22. The summed E-state index contributed by atoms with van der Waals surface area (Å²) < 4.78 is 1.28. The van der Waals surface area contributed by atoms with Crippen LogP contribution >= 0.6 is 58.0 Å². The number of aliphatic carboxylic acids is 1. The number of thiazole rings is 1. The standard InChI is InChI=1S/C19H21N9O5S5/c1-2-33-27-10(8-5-35-17(22)23-8)13(29)24-11-14(30)28-12(16(31)32)7(3-34-15(11)28)4-36-18-25-26-19(38-18)37-6-9(20)21/h5,11,15H,2-4,6H2,1H3,(H3,20,21)(H2,22,23)(H,24,29)(H,31,32)/b27-10-/t11-,15+/m1/s1. The lowest BCUT2D eigenvalue weighted by atomic mass is 10.0. The fourth-order valence-electron chi connectivity index (χ4n) is 3.34. The maximum atomic E-state index is 13.0. The van der Waals surface area contributed by atoms with Crippen LogP contribution in [0.3, 0.4) is 0 Å². The lowest BCUT2D eigenvalue weighted by molar-refractivity contribution is -0.150. The molecule has 2 atom stereocenters. The van der Waals surface area contributed by atoms with E-state index in [1.807, 2.05) is 0 Å². The molecule has 0 aliphatic carbocycles. The number of amides is 2. The number of nitrogen functional groups attached to an aromatic ring is 1. The third-order valence-electron chi connectivity index (χ3n) is 4.91. The first kappa shape index (κ1) is 28.1. The molecule has 2 aliphatic heterocycles. The molecule has 1 fully saturated rings. The van der Waals surface area contributed by atoms with Crippen molar-refractivity contribution >= 4 is 92.4 Å². The summed E-state index contributed by atoms with van der Waals surface area (Å²) in [7, 11) is 0. The van der Waals surface area contributed by atoms with Gasteiger partial charge in [-0.05, 0) is 12.5 Å². The van der Waals surface area contributed by atoms with Crippen molar-refractivity contribution in [1.82, 2.24) is 25.4 Å². The van der Waals surface area contributed by atoms with Gasteiger partial charge in [-0.25, -0.2) is 9.78 Å². The molecule has 38 heavy (non-hydrogen) atoms. The van der Waals surface area contributed by atoms with Crippen molar-refractivity contribution in [3.63, 3.8) is 0 Å². The number of rotatable bonds is 12. The molecule has 2 aliphatic rings. The monoisotopic (exact) mass is 615 g/mol. The Kier molecular flexibility index (Phi) is 9.13. The smallest absolute Gasteiger partial charge is 0.352 e. The van der Waals surface area contributed by atoms with Gasteiger partial charge in [-0.2, -0.15) is 0 Å². The first-order valence-electron chi connectivity index (χ1n) is 10.7. The molecular weight excluding hydrogens is 595 g/mol. The van der Waals surface area contributed by atoms with Crippen LogP contribution in [0.4, 0.5) is 5.13 Å². The number of carbonyl (C=O) groups is 3. The Hall–Kier alpha value is -2.87. The number of oxime groups is 1. The minimum Gasteiger partial charge on any atom is -0.477 e. The van der Waals surface area contributed by atoms with E-state index in [1.54, 1.807) is 12.3 Å². The SMILES string of the molecule is CCO/N=C(\C(=O)N[C@@H]1C(=O)N2C(C(=O)O)=C(CSc3nnc(SCC(=N)N)s3)CS[C@@H]12)c1csc(N)n1. The highest BCUT2D eigenvalue weighted by molar-refractivity contribution is 8.03. The molecule has 14 nitrogen and oxygen atoms in total. The second-order valence-electron chi connectivity index (χ2n) is 7.48. The number of carbonyl (C=O) groups excluding carboxylic acids is 2. The second kappa shape index (κ2) is 12.3. The van der Waals surface area contributed by atoms with Crippen molar-refractivity contribution in [2.24, 2.45) is 10.9 Å². The summed E-state index contributed by atoms with van der Waals surface area (Å²) in [6, 6.07) is -0.942. The number of anilines is 1. The van der Waals surface area contributed by atoms with Crippen LogP contribution in [-0.4, -0.2) is 89.8 Å². The van der Waals surface area contributed by atoms with E-state index in [9.17, 15) is 19.5 Å². The molecule has 0 saturated carbocycles. The van der Waals surface area contributed by atoms with Crippen LogP contribution in [0.5, 0.6) is 0 Å². The van der Waals surface area contributed by atoms with E-state index in [0.717, 1.165) is 11.3 Å². The fourth-order valence-corrected chi connectivity index (χ4v) is 8.14. The number of β-lactam (4-membered cyclic amide) rings is 1. The molecule has 0 aromatic carbocycles. The van der Waals surface area contributed by atoms with E-state index in [2.05, 4.69) is 25.7 Å². The molecule has 4 heterocycles. The zero-order valence-electron chi connectivity index (χ0n) is 19.6. The molecule has 0 bridgehead atoms. The van der Waals surface area contributed by atoms with Crippen LogP contribution in [0.2, 0.25) is 0 Å². The van der Waals surface area contributed by atoms with Gasteiger partial charge in [0.15, 0.2) is 19.5 Å². The molecular formula is C19H21N9O5S5. The molecule has 4 rings (SSSR count). The van der Waals surface area contributed by atoms with Crippen molar-refractivity contribution in [2.45, 2.75) is 27.0 Å². The van der Waals surface area contributed by atoms with Gasteiger partial charge in [0.25, 0.3) is 11.8 Å². The number of aromatic nitrogens is 3. The zero-order valence-corrected chi connectivity index (χ0v) is 23.7. The van der Waals surface area contributed by atoms with Gasteiger partial charge in [0.1, 0.15) is 35.2 Å². The highest BCUT2D eigenvalue weighted by atomic mass is 32.2. The van der Waals surface area contributed by atoms with Gasteiger partial charge in [-0.15, -0.1) is 33.3 Å². The molecule has 2 aromatic rings. The largest absolute Gasteiger partial charge is 0.477 e. The van der Waals surface area contributed by atoms with Gasteiger partial charge in [0.2, 0.25) is 0 Å². The predicted octanol–water partition coefficient (Wildman–Crippen LogP) is 0.876. The average Bonchev–Trinajstić information content (AvgIpc) is 3.53. The predicted molar refractivity (Wildman–Crippen MR) is 148 cm³/mol. The summed E-state index contributed by atoms with van der Waals surface area (Å²) in [5.74, 6) is -1.47. The Balaban J connectivity index is 1.44. The number of carboxylic acids is 1. The summed E-state index contributed by atoms with van der Waals surface area (Å²) >= 11 is 6.41. The second-order valence-corrected chi connectivity index (χ2v) is 12.9. The van der Waals surface area contributed by atoms with E-state index >= 15 is 0 Å². The van der Waals surface area contributed by atoms with Gasteiger partial charge >= 0.3 is 5.97 Å². The number of hydrogen-bond acceptors (Lipinski definition) is 15. The Morgan fingerprint density at radius 1 is 1.37 bits per heavy atom. The molecule has 2 aromatic heterocycles. The van der Waals surface area contributed by atoms with Crippen LogP contribution < -0.4 is 16.8 Å². The van der Waals surface area contributed by atoms with Gasteiger partial charge in [0, 0.05) is 16.9 Å². The number of nitrogens with one attached hydrogen (secondary N) is 2. The highest BCUT2D eigenvalue weighted by Gasteiger charge is 2.54. The minimum atomic E-state index is -1.23. The number of carboxylic acid groups (broad SMARTS) is 1. The summed E-state index contributed by atoms with van der Waals surface area (Å²) in [5, 5.41) is 33.0. The lowest BCUT2D eigenvalue weighted by Gasteiger charge is -2.49. The molecule has 7 N–H and O–H groups in total. The topological polar surface area (TPSA) is 223 Å². The molecule has 0 unspecified atom stereocenters. The maximum Gasteiger partial charge on any atom is 0.352 e. The first-order chi connectivity index (χ1) is 18.2. The quantitative estimate of drug-likeness (QED) is 0.0736. The molecule has 202 valence electrons. The number of nitrogens with two attached hydrogens (primary N) is 2. The highest BCUT2D eigenvalue weighted by Crippen LogP contribution is 2.42. The van der Waals surface area contributed by atoms with Crippen LogP contribution in [0.1, 0.15) is 12.6 Å². The summed E-state index contributed by atoms with van der Waals surface area (Å²) in [5.41, 5.74) is 11.6. The zero-order chi connectivity index (χ0) is 27.4. The Labute approximate surface area is 236 Å². The Morgan fingerprint density at radius 2 is 2.11 bits per heavy atom. The Morgan fingerprint density at radius 3 is 2.74 bits per heavy atom. The van der Waals surface area contributed by atoms with E-state index in [-0.39, 0.29) is 34.7 Å². The van der Waals surface area contributed by atoms with Crippen LogP contribution in [0.15, 0.2) is 30.5 Å². The van der Waals surface area contributed by atoms with Crippen LogP contribution in [0, 0.1) is 5.41 Å². The van der Waals surface area contributed by atoms with Gasteiger partial charge < -0.3 is 26.7 Å². The lowest BCUT2D eigenvalue weighted by Crippen LogP contribution is -2.71. The van der Waals surface area contributed by atoms with E-state index < -0.39 is 29.2 Å². The van der Waals surface area contributed by atoms with Crippen molar-refractivity contribution in [2.75, 3.05) is 29.6 Å².